The van der Waals surface area contributed by atoms with E-state index >= 15 is 0 Å². The minimum atomic E-state index is -3.62. The van der Waals surface area contributed by atoms with E-state index in [1.807, 2.05) is 48.3 Å². The molecule has 1 aromatic heterocycles. The number of nitrogens with zero attached hydrogens (tertiary/aromatic N) is 2. The number of aromatic nitrogens is 1. The summed E-state index contributed by atoms with van der Waals surface area (Å²) in [5.41, 5.74) is 1.05. The van der Waals surface area contributed by atoms with Gasteiger partial charge in [-0.25, -0.2) is 18.5 Å². The van der Waals surface area contributed by atoms with E-state index in [-0.39, 0.29) is 4.90 Å². The van der Waals surface area contributed by atoms with Gasteiger partial charge >= 0.3 is 0 Å². The molecule has 5 nitrogen and oxygen atoms in total. The molecule has 24 heavy (non-hydrogen) atoms. The number of hydrogen-bond acceptors (Lipinski definition) is 5. The monoisotopic (exact) mass is 363 g/mol. The third-order valence-electron chi connectivity index (χ3n) is 4.25. The molecule has 2 aromatic rings. The highest BCUT2D eigenvalue weighted by molar-refractivity contribution is 7.99. The molecule has 0 aliphatic carbocycles. The van der Waals surface area contributed by atoms with E-state index in [1.54, 1.807) is 12.1 Å². The van der Waals surface area contributed by atoms with Crippen LogP contribution in [0.2, 0.25) is 0 Å². The Labute approximate surface area is 147 Å². The predicted octanol–water partition coefficient (Wildman–Crippen LogP) is 2.74. The molecule has 1 aromatic carbocycles. The Balaban J connectivity index is 1.51. The van der Waals surface area contributed by atoms with Crippen LogP contribution >= 0.6 is 11.8 Å². The molecule has 1 saturated heterocycles. The van der Waals surface area contributed by atoms with Crippen molar-refractivity contribution in [1.82, 2.24) is 4.98 Å². The second-order valence-corrected chi connectivity index (χ2v) is 8.55. The van der Waals surface area contributed by atoms with Crippen molar-refractivity contribution in [2.24, 2.45) is 11.1 Å². The lowest BCUT2D eigenvalue weighted by molar-refractivity contribution is 0.445. The molecule has 1 aliphatic rings. The zero-order valence-corrected chi connectivity index (χ0v) is 15.0. The topological polar surface area (TPSA) is 76.3 Å². The van der Waals surface area contributed by atoms with Crippen molar-refractivity contribution < 1.29 is 8.42 Å². The Bertz CT molecular complexity index is 756. The molecule has 0 bridgehead atoms. The number of piperidine rings is 1. The average Bonchev–Trinajstić information content (AvgIpc) is 2.61. The average molecular weight is 364 g/mol. The summed E-state index contributed by atoms with van der Waals surface area (Å²) in [6.07, 6.45) is 4.10. The van der Waals surface area contributed by atoms with Crippen molar-refractivity contribution in [3.63, 3.8) is 0 Å². The molecular formula is C17H21N3O2S2. The fourth-order valence-corrected chi connectivity index (χ4v) is 4.41. The molecule has 1 aliphatic heterocycles. The summed E-state index contributed by atoms with van der Waals surface area (Å²) < 4.78 is 22.6. The van der Waals surface area contributed by atoms with Crippen LogP contribution in [0.3, 0.4) is 0 Å². The quantitative estimate of drug-likeness (QED) is 0.827. The summed E-state index contributed by atoms with van der Waals surface area (Å²) in [5.74, 6) is 1.78. The van der Waals surface area contributed by atoms with Crippen LogP contribution in [-0.2, 0) is 10.0 Å². The minimum absolute atomic E-state index is 0.160. The molecule has 0 atom stereocenters. The lowest BCUT2D eigenvalue weighted by atomic mass is 9.98. The zero-order valence-electron chi connectivity index (χ0n) is 13.3. The van der Waals surface area contributed by atoms with Crippen LogP contribution in [0.25, 0.3) is 0 Å². The van der Waals surface area contributed by atoms with E-state index in [2.05, 4.69) is 9.88 Å². The summed E-state index contributed by atoms with van der Waals surface area (Å²) in [7, 11) is -3.62. The van der Waals surface area contributed by atoms with Gasteiger partial charge in [0.05, 0.1) is 9.92 Å². The standard InChI is InChI=1S/C17H21N3O2S2/c18-24(21,22)16-6-4-15(5-7-16)20-11-8-14(9-12-20)13-23-17-3-1-2-10-19-17/h1-7,10,14H,8-9,11-13H2,(H2,18,21,22). The van der Waals surface area contributed by atoms with Crippen LogP contribution in [0, 0.1) is 5.92 Å². The lowest BCUT2D eigenvalue weighted by Gasteiger charge is -2.33. The van der Waals surface area contributed by atoms with Gasteiger partial charge in [0, 0.05) is 30.7 Å². The lowest BCUT2D eigenvalue weighted by Crippen LogP contribution is -2.34. The number of sulfonamides is 1. The Morgan fingerprint density at radius 1 is 1.12 bits per heavy atom. The van der Waals surface area contributed by atoms with E-state index < -0.39 is 10.0 Å². The number of anilines is 1. The summed E-state index contributed by atoms with van der Waals surface area (Å²) >= 11 is 1.82. The number of thioether (sulfide) groups is 1. The van der Waals surface area contributed by atoms with Gasteiger partial charge in [-0.3, -0.25) is 0 Å². The van der Waals surface area contributed by atoms with E-state index in [4.69, 9.17) is 5.14 Å². The third-order valence-corrected chi connectivity index (χ3v) is 6.35. The molecule has 3 rings (SSSR count). The molecule has 2 heterocycles. The SMILES string of the molecule is NS(=O)(=O)c1ccc(N2CCC(CSc3ccccn3)CC2)cc1. The van der Waals surface area contributed by atoms with Gasteiger partial charge in [0.2, 0.25) is 10.0 Å². The summed E-state index contributed by atoms with van der Waals surface area (Å²) in [4.78, 5) is 6.81. The van der Waals surface area contributed by atoms with Gasteiger partial charge in [0.15, 0.2) is 0 Å². The maximum absolute atomic E-state index is 11.3. The summed E-state index contributed by atoms with van der Waals surface area (Å²) in [6.45, 7) is 1.98. The van der Waals surface area contributed by atoms with Crippen LogP contribution < -0.4 is 10.0 Å². The summed E-state index contributed by atoms with van der Waals surface area (Å²) in [5, 5.41) is 6.22. The van der Waals surface area contributed by atoms with Gasteiger partial charge in [-0.2, -0.15) is 0 Å². The first kappa shape index (κ1) is 17.3. The Morgan fingerprint density at radius 3 is 2.42 bits per heavy atom. The van der Waals surface area contributed by atoms with Crippen molar-refractivity contribution >= 4 is 27.5 Å². The Hall–Kier alpha value is -1.57. The molecule has 0 radical (unpaired) electrons. The fourth-order valence-electron chi connectivity index (χ4n) is 2.84. The molecule has 2 N–H and O–H groups in total. The number of nitrogens with two attached hydrogens (primary N) is 1. The van der Waals surface area contributed by atoms with Gasteiger partial charge in [-0.15, -0.1) is 11.8 Å². The number of hydrogen-bond donors (Lipinski definition) is 1. The molecule has 7 heteroatoms. The van der Waals surface area contributed by atoms with Crippen LogP contribution in [0.1, 0.15) is 12.8 Å². The van der Waals surface area contributed by atoms with Crippen molar-refractivity contribution in [1.29, 1.82) is 0 Å². The van der Waals surface area contributed by atoms with Crippen LogP contribution in [-0.4, -0.2) is 32.2 Å². The first-order chi connectivity index (χ1) is 11.5. The number of pyridine rings is 1. The largest absolute Gasteiger partial charge is 0.372 e. The minimum Gasteiger partial charge on any atom is -0.372 e. The molecule has 0 saturated carbocycles. The van der Waals surface area contributed by atoms with Gasteiger partial charge in [0.1, 0.15) is 0 Å². The Kier molecular flexibility index (Phi) is 5.43. The zero-order chi connectivity index (χ0) is 17.0. The van der Waals surface area contributed by atoms with Gasteiger partial charge in [0.25, 0.3) is 0 Å². The van der Waals surface area contributed by atoms with E-state index in [0.717, 1.165) is 42.4 Å². The van der Waals surface area contributed by atoms with Crippen molar-refractivity contribution in [2.45, 2.75) is 22.8 Å². The number of primary sulfonamides is 1. The molecule has 128 valence electrons. The second-order valence-electron chi connectivity index (χ2n) is 5.95. The van der Waals surface area contributed by atoms with Crippen molar-refractivity contribution in [3.8, 4) is 0 Å². The maximum Gasteiger partial charge on any atom is 0.238 e. The van der Waals surface area contributed by atoms with Gasteiger partial charge in [-0.05, 0) is 55.2 Å². The highest BCUT2D eigenvalue weighted by atomic mass is 32.2. The Morgan fingerprint density at radius 2 is 1.83 bits per heavy atom. The highest BCUT2D eigenvalue weighted by Gasteiger charge is 2.20. The van der Waals surface area contributed by atoms with Crippen molar-refractivity contribution in [2.75, 3.05) is 23.7 Å². The maximum atomic E-state index is 11.3. The number of benzene rings is 1. The first-order valence-corrected chi connectivity index (χ1v) is 10.5. The van der Waals surface area contributed by atoms with Crippen LogP contribution in [0.5, 0.6) is 0 Å². The molecule has 0 amide bonds. The van der Waals surface area contributed by atoms with Gasteiger partial charge in [-0.1, -0.05) is 6.07 Å². The van der Waals surface area contributed by atoms with E-state index in [0.29, 0.717) is 5.92 Å². The van der Waals surface area contributed by atoms with Crippen molar-refractivity contribution in [3.05, 3.63) is 48.7 Å². The smallest absolute Gasteiger partial charge is 0.238 e. The van der Waals surface area contributed by atoms with Crippen LogP contribution in [0.4, 0.5) is 5.69 Å². The predicted molar refractivity (Wildman–Crippen MR) is 97.7 cm³/mol. The normalized spacial score (nSPS) is 16.3. The highest BCUT2D eigenvalue weighted by Crippen LogP contribution is 2.28. The van der Waals surface area contributed by atoms with Gasteiger partial charge < -0.3 is 4.90 Å². The molecule has 1 fully saturated rings. The second kappa shape index (κ2) is 7.55. The van der Waals surface area contributed by atoms with Crippen LogP contribution in [0.15, 0.2) is 58.6 Å². The molecule has 0 unspecified atom stereocenters. The fraction of sp³-hybridized carbons (Fsp3) is 0.353. The van der Waals surface area contributed by atoms with E-state index in [1.165, 1.54) is 0 Å². The summed E-state index contributed by atoms with van der Waals surface area (Å²) in [6, 6.07) is 12.8. The number of rotatable bonds is 5. The third kappa shape index (κ3) is 4.49. The first-order valence-electron chi connectivity index (χ1n) is 7.94. The van der Waals surface area contributed by atoms with E-state index in [9.17, 15) is 8.42 Å². The molecular weight excluding hydrogens is 342 g/mol. The molecule has 0 spiro atoms.